The molecule has 1 heterocycles. The molecule has 1 N–H and O–H groups in total. The van der Waals surface area contributed by atoms with Crippen LogP contribution in [0.1, 0.15) is 18.1 Å². The Bertz CT molecular complexity index is 1200. The molecule has 0 aliphatic carbocycles. The van der Waals surface area contributed by atoms with Gasteiger partial charge in [0.1, 0.15) is 30.6 Å². The van der Waals surface area contributed by atoms with Crippen molar-refractivity contribution in [2.24, 2.45) is 0 Å². The number of benzene rings is 2. The molecule has 1 amide bonds. The van der Waals surface area contributed by atoms with Crippen LogP contribution in [0.4, 0.5) is 5.13 Å². The number of hydrogen-bond donors (Lipinski definition) is 1. The maximum Gasteiger partial charge on any atom is 0.268 e. The van der Waals surface area contributed by atoms with Crippen molar-refractivity contribution in [3.8, 4) is 23.3 Å². The van der Waals surface area contributed by atoms with Gasteiger partial charge >= 0.3 is 0 Å². The number of nitrogens with zero attached hydrogens (tertiary/aromatic N) is 3. The number of thioether (sulfide) groups is 1. The average molecular weight is 497 g/mol. The van der Waals surface area contributed by atoms with E-state index in [0.717, 1.165) is 22.8 Å². The number of amides is 1. The lowest BCUT2D eigenvalue weighted by Crippen LogP contribution is -2.13. The van der Waals surface area contributed by atoms with Crippen LogP contribution in [0, 0.1) is 18.3 Å². The topological polar surface area (TPSA) is 106 Å². The SMILES string of the molecule is CCOc1cc(C=C(C#N)C(=O)Nc2nc(SC)ns2)ccc1OCCOc1cccc(C)c1. The Morgan fingerprint density at radius 1 is 1.18 bits per heavy atom. The molecule has 2 aromatic carbocycles. The van der Waals surface area contributed by atoms with Gasteiger partial charge in [0.25, 0.3) is 5.91 Å². The van der Waals surface area contributed by atoms with E-state index >= 15 is 0 Å². The molecule has 0 fully saturated rings. The van der Waals surface area contributed by atoms with Crippen molar-refractivity contribution in [2.75, 3.05) is 31.4 Å². The van der Waals surface area contributed by atoms with Crippen molar-refractivity contribution >= 4 is 40.4 Å². The molecule has 0 spiro atoms. The molecule has 0 bridgehead atoms. The zero-order valence-electron chi connectivity index (χ0n) is 19.0. The summed E-state index contributed by atoms with van der Waals surface area (Å²) in [6.07, 6.45) is 3.33. The molecule has 0 unspecified atom stereocenters. The van der Waals surface area contributed by atoms with Crippen LogP contribution in [0.5, 0.6) is 17.2 Å². The van der Waals surface area contributed by atoms with E-state index in [9.17, 15) is 10.1 Å². The van der Waals surface area contributed by atoms with Crippen LogP contribution in [-0.4, -0.2) is 41.3 Å². The van der Waals surface area contributed by atoms with Crippen molar-refractivity contribution in [2.45, 2.75) is 19.0 Å². The Morgan fingerprint density at radius 2 is 2.00 bits per heavy atom. The van der Waals surface area contributed by atoms with Gasteiger partial charge in [0.15, 0.2) is 11.5 Å². The lowest BCUT2D eigenvalue weighted by atomic mass is 10.1. The number of nitriles is 1. The molecular weight excluding hydrogens is 472 g/mol. The predicted octanol–water partition coefficient (Wildman–Crippen LogP) is 4.97. The quantitative estimate of drug-likeness (QED) is 0.172. The minimum absolute atomic E-state index is 0.0661. The van der Waals surface area contributed by atoms with Gasteiger partial charge in [-0.1, -0.05) is 30.0 Å². The van der Waals surface area contributed by atoms with Crippen molar-refractivity contribution in [1.29, 1.82) is 5.26 Å². The van der Waals surface area contributed by atoms with Gasteiger partial charge in [0, 0.05) is 11.5 Å². The Hall–Kier alpha value is -3.55. The molecule has 10 heteroatoms. The second-order valence-electron chi connectivity index (χ2n) is 6.86. The number of aryl methyl sites for hydroxylation is 1. The lowest BCUT2D eigenvalue weighted by Gasteiger charge is -2.13. The van der Waals surface area contributed by atoms with Crippen molar-refractivity contribution in [3.05, 3.63) is 59.2 Å². The van der Waals surface area contributed by atoms with E-state index < -0.39 is 5.91 Å². The molecular formula is C24H24N4O4S2. The fourth-order valence-corrected chi connectivity index (χ4v) is 3.96. The number of carbonyl (C=O) groups is 1. The first-order valence-corrected chi connectivity index (χ1v) is 12.4. The zero-order valence-corrected chi connectivity index (χ0v) is 20.7. The number of rotatable bonds is 11. The maximum atomic E-state index is 12.5. The first-order chi connectivity index (χ1) is 16.5. The van der Waals surface area contributed by atoms with E-state index in [4.69, 9.17) is 14.2 Å². The number of carbonyl (C=O) groups excluding carboxylic acids is 1. The summed E-state index contributed by atoms with van der Waals surface area (Å²) in [5, 5.41) is 13.0. The highest BCUT2D eigenvalue weighted by atomic mass is 32.2. The van der Waals surface area contributed by atoms with Crippen LogP contribution >= 0.6 is 23.3 Å². The molecule has 0 radical (unpaired) electrons. The smallest absolute Gasteiger partial charge is 0.268 e. The van der Waals surface area contributed by atoms with Gasteiger partial charge in [0.2, 0.25) is 10.3 Å². The highest BCUT2D eigenvalue weighted by Gasteiger charge is 2.14. The second-order valence-corrected chi connectivity index (χ2v) is 8.39. The second kappa shape index (κ2) is 12.6. The third-order valence-corrected chi connectivity index (χ3v) is 5.65. The van der Waals surface area contributed by atoms with Crippen LogP contribution < -0.4 is 19.5 Å². The molecule has 0 saturated carbocycles. The van der Waals surface area contributed by atoms with E-state index in [1.165, 1.54) is 17.8 Å². The molecule has 0 aliphatic rings. The van der Waals surface area contributed by atoms with E-state index in [1.807, 2.05) is 50.4 Å². The number of ether oxygens (including phenoxy) is 3. The Balaban J connectivity index is 1.65. The lowest BCUT2D eigenvalue weighted by molar-refractivity contribution is -0.112. The van der Waals surface area contributed by atoms with Crippen molar-refractivity contribution in [1.82, 2.24) is 9.36 Å². The van der Waals surface area contributed by atoms with Crippen LogP contribution in [0.25, 0.3) is 6.08 Å². The predicted molar refractivity (Wildman–Crippen MR) is 134 cm³/mol. The van der Waals surface area contributed by atoms with Crippen molar-refractivity contribution < 1.29 is 19.0 Å². The van der Waals surface area contributed by atoms with Gasteiger partial charge in [-0.05, 0) is 61.6 Å². The highest BCUT2D eigenvalue weighted by Crippen LogP contribution is 2.29. The molecule has 0 atom stereocenters. The van der Waals surface area contributed by atoms with Gasteiger partial charge in [0.05, 0.1) is 6.61 Å². The van der Waals surface area contributed by atoms with E-state index in [2.05, 4.69) is 14.7 Å². The number of nitrogens with one attached hydrogen (secondary N) is 1. The number of hydrogen-bond acceptors (Lipinski definition) is 9. The molecule has 0 saturated heterocycles. The standard InChI is InChI=1S/C24H24N4O4S2/c1-4-30-21-14-17(13-18(15-25)22(29)26-23-27-24(33-3)28-34-23)8-9-20(21)32-11-10-31-19-7-5-6-16(2)12-19/h5-9,12-14H,4,10-11H2,1-3H3,(H,26,27,28,29). The summed E-state index contributed by atoms with van der Waals surface area (Å²) in [5.74, 6) is 1.29. The Kier molecular flexibility index (Phi) is 9.31. The summed E-state index contributed by atoms with van der Waals surface area (Å²) in [6, 6.07) is 15.0. The third-order valence-electron chi connectivity index (χ3n) is 4.35. The van der Waals surface area contributed by atoms with Gasteiger partial charge in [-0.2, -0.15) is 14.6 Å². The fourth-order valence-electron chi connectivity index (χ4n) is 2.84. The molecule has 1 aromatic heterocycles. The molecule has 8 nitrogen and oxygen atoms in total. The summed E-state index contributed by atoms with van der Waals surface area (Å²) in [4.78, 5) is 16.7. The summed E-state index contributed by atoms with van der Waals surface area (Å²) in [5.41, 5.74) is 1.68. The largest absolute Gasteiger partial charge is 0.490 e. The molecule has 176 valence electrons. The molecule has 0 aliphatic heterocycles. The first kappa shape index (κ1) is 25.1. The van der Waals surface area contributed by atoms with Gasteiger partial charge in [-0.25, -0.2) is 0 Å². The summed E-state index contributed by atoms with van der Waals surface area (Å²) >= 11 is 2.43. The summed E-state index contributed by atoms with van der Waals surface area (Å²) < 4.78 is 21.3. The fraction of sp³-hybridized carbons (Fsp3) is 0.250. The van der Waals surface area contributed by atoms with Crippen LogP contribution in [0.2, 0.25) is 0 Å². The van der Waals surface area contributed by atoms with Crippen LogP contribution in [0.15, 0.2) is 53.2 Å². The monoisotopic (exact) mass is 496 g/mol. The van der Waals surface area contributed by atoms with E-state index in [1.54, 1.807) is 18.2 Å². The Labute approximate surface area is 206 Å². The molecule has 34 heavy (non-hydrogen) atoms. The average Bonchev–Trinajstić information content (AvgIpc) is 3.29. The summed E-state index contributed by atoms with van der Waals surface area (Å²) in [6.45, 7) is 5.01. The summed E-state index contributed by atoms with van der Waals surface area (Å²) in [7, 11) is 0. The normalized spacial score (nSPS) is 10.9. The number of aromatic nitrogens is 2. The maximum absolute atomic E-state index is 12.5. The van der Waals surface area contributed by atoms with E-state index in [-0.39, 0.29) is 5.57 Å². The minimum atomic E-state index is -0.558. The van der Waals surface area contributed by atoms with E-state index in [0.29, 0.717) is 47.2 Å². The highest BCUT2D eigenvalue weighted by molar-refractivity contribution is 7.98. The zero-order chi connectivity index (χ0) is 24.3. The van der Waals surface area contributed by atoms with Crippen LogP contribution in [-0.2, 0) is 4.79 Å². The van der Waals surface area contributed by atoms with Gasteiger partial charge < -0.3 is 14.2 Å². The molecule has 3 rings (SSSR count). The van der Waals surface area contributed by atoms with Crippen LogP contribution in [0.3, 0.4) is 0 Å². The van der Waals surface area contributed by atoms with Crippen molar-refractivity contribution in [3.63, 3.8) is 0 Å². The van der Waals surface area contributed by atoms with Gasteiger partial charge in [-0.15, -0.1) is 0 Å². The first-order valence-electron chi connectivity index (χ1n) is 10.4. The Morgan fingerprint density at radius 3 is 2.71 bits per heavy atom. The molecule has 3 aromatic rings. The number of anilines is 1. The third kappa shape index (κ3) is 7.23. The minimum Gasteiger partial charge on any atom is -0.490 e. The van der Waals surface area contributed by atoms with Gasteiger partial charge in [-0.3, -0.25) is 10.1 Å².